The van der Waals surface area contributed by atoms with E-state index in [9.17, 15) is 9.59 Å². The van der Waals surface area contributed by atoms with Crippen molar-refractivity contribution in [1.82, 2.24) is 15.1 Å². The van der Waals surface area contributed by atoms with Crippen molar-refractivity contribution < 1.29 is 9.53 Å². The van der Waals surface area contributed by atoms with E-state index in [1.807, 2.05) is 31.2 Å². The van der Waals surface area contributed by atoms with Crippen LogP contribution in [0.2, 0.25) is 5.02 Å². The summed E-state index contributed by atoms with van der Waals surface area (Å²) in [6.45, 7) is 2.78. The van der Waals surface area contributed by atoms with Crippen LogP contribution in [0.4, 0.5) is 10.5 Å². The van der Waals surface area contributed by atoms with Crippen LogP contribution in [0.25, 0.3) is 11.3 Å². The number of hydrogen-bond donors (Lipinski definition) is 2. The van der Waals surface area contributed by atoms with Crippen LogP contribution in [0.3, 0.4) is 0 Å². The summed E-state index contributed by atoms with van der Waals surface area (Å²) < 4.78 is 6.62. The highest BCUT2D eigenvalue weighted by Crippen LogP contribution is 2.27. The molecule has 0 spiro atoms. The number of methoxy groups -OCH3 is 1. The van der Waals surface area contributed by atoms with Crippen molar-refractivity contribution in [2.45, 2.75) is 19.9 Å². The number of rotatable bonds is 7. The Labute approximate surface area is 179 Å². The van der Waals surface area contributed by atoms with Crippen LogP contribution >= 0.6 is 11.6 Å². The first kappa shape index (κ1) is 21.4. The molecule has 0 atom stereocenters. The molecule has 3 aromatic rings. The van der Waals surface area contributed by atoms with Crippen LogP contribution in [0.15, 0.2) is 59.4 Å². The average Bonchev–Trinajstić information content (AvgIpc) is 2.73. The summed E-state index contributed by atoms with van der Waals surface area (Å²) in [5, 5.41) is 10.4. The van der Waals surface area contributed by atoms with Crippen molar-refractivity contribution in [2.24, 2.45) is 0 Å². The number of urea groups is 1. The zero-order chi connectivity index (χ0) is 21.5. The molecule has 30 heavy (non-hydrogen) atoms. The molecule has 2 amide bonds. The molecule has 0 aliphatic carbocycles. The minimum absolute atomic E-state index is 0.182. The first-order valence-corrected chi connectivity index (χ1v) is 9.87. The third kappa shape index (κ3) is 5.61. The van der Waals surface area contributed by atoms with Gasteiger partial charge in [0.1, 0.15) is 5.75 Å². The third-order valence-electron chi connectivity index (χ3n) is 4.46. The molecule has 156 valence electrons. The summed E-state index contributed by atoms with van der Waals surface area (Å²) in [5.41, 5.74) is 3.13. The largest absolute Gasteiger partial charge is 0.495 e. The molecule has 0 bridgehead atoms. The van der Waals surface area contributed by atoms with Gasteiger partial charge in [-0.3, -0.25) is 4.79 Å². The third-order valence-corrected chi connectivity index (χ3v) is 4.69. The highest BCUT2D eigenvalue weighted by atomic mass is 35.5. The molecule has 3 rings (SSSR count). The standard InChI is InChI=1S/C22H23ClN4O3/c1-15-4-6-16(7-5-15)18-9-11-21(28)27(26-18)13-3-12-24-22(29)25-19-14-17(23)8-10-20(19)30-2/h4-11,14H,3,12-13H2,1-2H3,(H2,24,25,29). The van der Waals surface area contributed by atoms with Gasteiger partial charge in [0.05, 0.1) is 18.5 Å². The monoisotopic (exact) mass is 426 g/mol. The Morgan fingerprint density at radius 1 is 1.13 bits per heavy atom. The van der Waals surface area contributed by atoms with E-state index in [1.54, 1.807) is 24.3 Å². The quantitative estimate of drug-likeness (QED) is 0.557. The molecule has 8 heteroatoms. The van der Waals surface area contributed by atoms with E-state index in [2.05, 4.69) is 15.7 Å². The highest BCUT2D eigenvalue weighted by molar-refractivity contribution is 6.31. The lowest BCUT2D eigenvalue weighted by molar-refractivity contribution is 0.251. The Kier molecular flexibility index (Phi) is 7.08. The molecule has 7 nitrogen and oxygen atoms in total. The number of amides is 2. The van der Waals surface area contributed by atoms with Gasteiger partial charge in [0.2, 0.25) is 0 Å². The molecule has 0 saturated carbocycles. The first-order chi connectivity index (χ1) is 14.5. The molecule has 1 aromatic heterocycles. The first-order valence-electron chi connectivity index (χ1n) is 9.50. The number of benzene rings is 2. The summed E-state index contributed by atoms with van der Waals surface area (Å²) >= 11 is 5.96. The zero-order valence-electron chi connectivity index (χ0n) is 16.8. The maximum Gasteiger partial charge on any atom is 0.319 e. The SMILES string of the molecule is COc1ccc(Cl)cc1NC(=O)NCCCn1nc(-c2ccc(C)cc2)ccc1=O. The fourth-order valence-electron chi connectivity index (χ4n) is 2.86. The fourth-order valence-corrected chi connectivity index (χ4v) is 3.03. The molecular weight excluding hydrogens is 404 g/mol. The molecule has 2 aromatic carbocycles. The number of aryl methyl sites for hydroxylation is 2. The van der Waals surface area contributed by atoms with Gasteiger partial charge >= 0.3 is 6.03 Å². The molecule has 0 aliphatic rings. The van der Waals surface area contributed by atoms with Gasteiger partial charge in [-0.05, 0) is 37.6 Å². The van der Waals surface area contributed by atoms with Gasteiger partial charge < -0.3 is 15.4 Å². The lowest BCUT2D eigenvalue weighted by Crippen LogP contribution is -2.31. The number of anilines is 1. The number of hydrogen-bond acceptors (Lipinski definition) is 4. The molecular formula is C22H23ClN4O3. The molecule has 0 radical (unpaired) electrons. The molecule has 0 aliphatic heterocycles. The van der Waals surface area contributed by atoms with E-state index >= 15 is 0 Å². The van der Waals surface area contributed by atoms with Crippen LogP contribution in [0.1, 0.15) is 12.0 Å². The summed E-state index contributed by atoms with van der Waals surface area (Å²) in [6.07, 6.45) is 0.546. The van der Waals surface area contributed by atoms with Gasteiger partial charge in [-0.15, -0.1) is 0 Å². The predicted molar refractivity (Wildman–Crippen MR) is 118 cm³/mol. The Hall–Kier alpha value is -3.32. The topological polar surface area (TPSA) is 85.2 Å². The van der Waals surface area contributed by atoms with Gasteiger partial charge in [-0.25, -0.2) is 9.48 Å². The van der Waals surface area contributed by atoms with Crippen molar-refractivity contribution >= 4 is 23.3 Å². The van der Waals surface area contributed by atoms with Gasteiger partial charge in [0.25, 0.3) is 5.56 Å². The van der Waals surface area contributed by atoms with Crippen LogP contribution in [-0.4, -0.2) is 29.5 Å². The average molecular weight is 427 g/mol. The Bertz CT molecular complexity index is 1080. The van der Waals surface area contributed by atoms with E-state index < -0.39 is 0 Å². The summed E-state index contributed by atoms with van der Waals surface area (Å²) in [4.78, 5) is 24.2. The maximum atomic E-state index is 12.1. The second kappa shape index (κ2) is 9.93. The van der Waals surface area contributed by atoms with Crippen LogP contribution in [0.5, 0.6) is 5.75 Å². The number of carbonyl (C=O) groups is 1. The number of nitrogens with zero attached hydrogens (tertiary/aromatic N) is 2. The number of halogens is 1. The maximum absolute atomic E-state index is 12.1. The van der Waals surface area contributed by atoms with Gasteiger partial charge in [-0.1, -0.05) is 41.4 Å². The number of ether oxygens (including phenoxy) is 1. The van der Waals surface area contributed by atoms with Gasteiger partial charge in [0, 0.05) is 29.7 Å². The lowest BCUT2D eigenvalue weighted by Gasteiger charge is -2.12. The summed E-state index contributed by atoms with van der Waals surface area (Å²) in [6, 6.07) is 15.8. The number of aromatic nitrogens is 2. The second-order valence-corrected chi connectivity index (χ2v) is 7.16. The van der Waals surface area contributed by atoms with Crippen molar-refractivity contribution in [3.8, 4) is 17.0 Å². The van der Waals surface area contributed by atoms with Crippen molar-refractivity contribution in [3.63, 3.8) is 0 Å². The van der Waals surface area contributed by atoms with Crippen molar-refractivity contribution in [2.75, 3.05) is 19.0 Å². The Morgan fingerprint density at radius 3 is 2.63 bits per heavy atom. The number of nitrogens with one attached hydrogen (secondary N) is 2. The Balaban J connectivity index is 1.55. The zero-order valence-corrected chi connectivity index (χ0v) is 17.6. The fraction of sp³-hybridized carbons (Fsp3) is 0.227. The van der Waals surface area contributed by atoms with E-state index in [1.165, 1.54) is 17.9 Å². The summed E-state index contributed by atoms with van der Waals surface area (Å²) in [7, 11) is 1.52. The smallest absolute Gasteiger partial charge is 0.319 e. The molecule has 1 heterocycles. The second-order valence-electron chi connectivity index (χ2n) is 6.73. The predicted octanol–water partition coefficient (Wildman–Crippen LogP) is 4.09. The normalized spacial score (nSPS) is 10.5. The molecule has 0 saturated heterocycles. The molecule has 0 fully saturated rings. The van der Waals surface area contributed by atoms with Crippen molar-refractivity contribution in [1.29, 1.82) is 0 Å². The van der Waals surface area contributed by atoms with E-state index in [0.29, 0.717) is 36.0 Å². The molecule has 2 N–H and O–H groups in total. The van der Waals surface area contributed by atoms with E-state index in [-0.39, 0.29) is 11.6 Å². The minimum atomic E-state index is -0.385. The van der Waals surface area contributed by atoms with Gasteiger partial charge in [-0.2, -0.15) is 5.10 Å². The molecule has 0 unspecified atom stereocenters. The van der Waals surface area contributed by atoms with Crippen LogP contribution in [-0.2, 0) is 6.54 Å². The van der Waals surface area contributed by atoms with E-state index in [4.69, 9.17) is 16.3 Å². The Morgan fingerprint density at radius 2 is 1.90 bits per heavy atom. The van der Waals surface area contributed by atoms with Gasteiger partial charge in [0.15, 0.2) is 0 Å². The van der Waals surface area contributed by atoms with E-state index in [0.717, 1.165) is 16.8 Å². The minimum Gasteiger partial charge on any atom is -0.495 e. The lowest BCUT2D eigenvalue weighted by atomic mass is 10.1. The van der Waals surface area contributed by atoms with Crippen LogP contribution in [0, 0.1) is 6.92 Å². The summed E-state index contributed by atoms with van der Waals surface area (Å²) in [5.74, 6) is 0.512. The van der Waals surface area contributed by atoms with Crippen LogP contribution < -0.4 is 20.9 Å². The highest BCUT2D eigenvalue weighted by Gasteiger charge is 2.08. The van der Waals surface area contributed by atoms with Crippen molar-refractivity contribution in [3.05, 3.63) is 75.5 Å². The number of carbonyl (C=O) groups excluding carboxylic acids is 1.